The van der Waals surface area contributed by atoms with Crippen molar-refractivity contribution in [3.8, 4) is 0 Å². The first-order valence-electron chi connectivity index (χ1n) is 3.82. The highest BCUT2D eigenvalue weighted by Crippen LogP contribution is 1.95. The van der Waals surface area contributed by atoms with Crippen LogP contribution < -0.4 is 11.1 Å². The highest BCUT2D eigenvalue weighted by atomic mass is 16.4. The van der Waals surface area contributed by atoms with E-state index in [1.54, 1.807) is 0 Å². The summed E-state index contributed by atoms with van der Waals surface area (Å²) in [5.74, 6) is -1.60. The maximum Gasteiger partial charge on any atom is 0.320 e. The third-order valence-electron chi connectivity index (χ3n) is 1.22. The molecule has 1 amide bonds. The molecule has 0 aliphatic heterocycles. The lowest BCUT2D eigenvalue weighted by Gasteiger charge is -2.08. The standard InChI is InChI=1S/C6H12N2O3/c1-8-4(6(10)11)2-3-5(7)9/h4,8H,2-3H2,1H3,(H2,7,9)(H,10,11)/i1D. The minimum absolute atomic E-state index is 0.0178. The predicted octanol–water partition coefficient (Wildman–Crippen LogP) is -1.08. The normalized spacial score (nSPS) is 13.6. The summed E-state index contributed by atoms with van der Waals surface area (Å²) >= 11 is 0. The number of nitrogens with two attached hydrogens (primary N) is 1. The Hall–Kier alpha value is -1.10. The molecule has 0 saturated heterocycles. The second kappa shape index (κ2) is 4.68. The summed E-state index contributed by atoms with van der Waals surface area (Å²) in [5, 5.41) is 10.9. The van der Waals surface area contributed by atoms with Crippen molar-refractivity contribution in [3.05, 3.63) is 0 Å². The molecule has 0 aliphatic rings. The van der Waals surface area contributed by atoms with Gasteiger partial charge in [-0.2, -0.15) is 0 Å². The fourth-order valence-corrected chi connectivity index (χ4v) is 0.599. The van der Waals surface area contributed by atoms with Gasteiger partial charge in [0.15, 0.2) is 0 Å². The number of rotatable bonds is 5. The number of carbonyl (C=O) groups is 2. The van der Waals surface area contributed by atoms with Crippen LogP contribution in [0.2, 0.25) is 0 Å². The largest absolute Gasteiger partial charge is 0.480 e. The van der Waals surface area contributed by atoms with Crippen LogP contribution in [0, 0.1) is 0 Å². The van der Waals surface area contributed by atoms with E-state index in [1.165, 1.54) is 0 Å². The first kappa shape index (κ1) is 8.00. The molecule has 0 aromatic carbocycles. The van der Waals surface area contributed by atoms with Crippen molar-refractivity contribution >= 4 is 11.9 Å². The van der Waals surface area contributed by atoms with E-state index < -0.39 is 17.9 Å². The van der Waals surface area contributed by atoms with Gasteiger partial charge in [-0.05, 0) is 13.4 Å². The quantitative estimate of drug-likeness (QED) is 0.478. The molecule has 0 aromatic rings. The maximum atomic E-state index is 10.4. The van der Waals surface area contributed by atoms with E-state index in [1.807, 2.05) is 0 Å². The molecule has 0 bridgehead atoms. The van der Waals surface area contributed by atoms with E-state index in [4.69, 9.17) is 12.2 Å². The van der Waals surface area contributed by atoms with Gasteiger partial charge in [-0.15, -0.1) is 0 Å². The SMILES string of the molecule is [2H]CNC(CCC(N)=O)C(=O)O. The number of carboxylic acids is 1. The van der Waals surface area contributed by atoms with E-state index in [2.05, 4.69) is 5.32 Å². The van der Waals surface area contributed by atoms with Gasteiger partial charge in [-0.25, -0.2) is 0 Å². The molecular weight excluding hydrogens is 148 g/mol. The van der Waals surface area contributed by atoms with Gasteiger partial charge in [0.05, 0.1) is 0 Å². The van der Waals surface area contributed by atoms with E-state index in [-0.39, 0.29) is 19.9 Å². The second-order valence-electron chi connectivity index (χ2n) is 2.10. The summed E-state index contributed by atoms with van der Waals surface area (Å²) in [6.45, 7) is 0. The van der Waals surface area contributed by atoms with Crippen LogP contribution in [0.15, 0.2) is 0 Å². The number of hydrogen-bond donors (Lipinski definition) is 3. The molecule has 5 nitrogen and oxygen atoms in total. The Kier molecular flexibility index (Phi) is 3.40. The summed E-state index contributed by atoms with van der Waals surface area (Å²) in [6.07, 6.45) is 0.146. The van der Waals surface area contributed by atoms with Crippen LogP contribution in [0.5, 0.6) is 0 Å². The van der Waals surface area contributed by atoms with Crippen LogP contribution in [0.3, 0.4) is 0 Å². The molecule has 5 heteroatoms. The van der Waals surface area contributed by atoms with Gasteiger partial charge < -0.3 is 16.2 Å². The number of carboxylic acid groups (broad SMARTS) is 1. The first-order valence-corrected chi connectivity index (χ1v) is 3.11. The van der Waals surface area contributed by atoms with Crippen LogP contribution >= 0.6 is 0 Å². The number of nitrogens with one attached hydrogen (secondary N) is 1. The molecule has 4 N–H and O–H groups in total. The molecule has 0 aliphatic carbocycles. The van der Waals surface area contributed by atoms with Crippen molar-refractivity contribution < 1.29 is 16.1 Å². The highest BCUT2D eigenvalue weighted by molar-refractivity contribution is 5.77. The lowest BCUT2D eigenvalue weighted by molar-refractivity contribution is -0.139. The zero-order valence-corrected chi connectivity index (χ0v) is 6.04. The minimum atomic E-state index is -1.07. The van der Waals surface area contributed by atoms with E-state index in [0.29, 0.717) is 0 Å². The number of aliphatic carboxylic acids is 1. The van der Waals surface area contributed by atoms with Crippen LogP contribution in [0.1, 0.15) is 14.2 Å². The average Bonchev–Trinajstić information content (AvgIpc) is 1.96. The summed E-state index contributed by atoms with van der Waals surface area (Å²) in [6, 6.07) is -0.852. The number of likely N-dealkylation sites (N-methyl/N-ethyl adjacent to an activating group) is 1. The van der Waals surface area contributed by atoms with Gasteiger partial charge in [0, 0.05) is 7.79 Å². The monoisotopic (exact) mass is 161 g/mol. The zero-order chi connectivity index (χ0) is 9.56. The lowest BCUT2D eigenvalue weighted by Crippen LogP contribution is -2.34. The topological polar surface area (TPSA) is 92.4 Å². The molecule has 64 valence electrons. The van der Waals surface area contributed by atoms with Crippen LogP contribution in [-0.2, 0) is 9.59 Å². The van der Waals surface area contributed by atoms with Crippen molar-refractivity contribution in [1.29, 1.82) is 0 Å². The summed E-state index contributed by atoms with van der Waals surface area (Å²) in [7, 11) is -0.185. The van der Waals surface area contributed by atoms with E-state index >= 15 is 0 Å². The molecule has 0 fully saturated rings. The molecule has 0 heterocycles. The molecular formula is C6H12N2O3. The van der Waals surface area contributed by atoms with Crippen LogP contribution in [-0.4, -0.2) is 30.0 Å². The first-order chi connectivity index (χ1) is 5.57. The maximum absolute atomic E-state index is 10.4. The number of primary amides is 1. The molecule has 0 saturated carbocycles. The van der Waals surface area contributed by atoms with Gasteiger partial charge >= 0.3 is 5.97 Å². The van der Waals surface area contributed by atoms with E-state index in [0.717, 1.165) is 0 Å². The second-order valence-corrected chi connectivity index (χ2v) is 2.10. The average molecular weight is 161 g/mol. The van der Waals surface area contributed by atoms with Crippen molar-refractivity contribution in [2.24, 2.45) is 5.73 Å². The molecule has 11 heavy (non-hydrogen) atoms. The highest BCUT2D eigenvalue weighted by Gasteiger charge is 2.14. The van der Waals surface area contributed by atoms with Gasteiger partial charge in [-0.1, -0.05) is 0 Å². The fourth-order valence-electron chi connectivity index (χ4n) is 0.599. The van der Waals surface area contributed by atoms with Gasteiger partial charge in [-0.3, -0.25) is 9.59 Å². The van der Waals surface area contributed by atoms with Gasteiger partial charge in [0.1, 0.15) is 6.04 Å². The minimum Gasteiger partial charge on any atom is -0.480 e. The molecule has 1 atom stereocenters. The van der Waals surface area contributed by atoms with Crippen molar-refractivity contribution in [3.63, 3.8) is 0 Å². The Labute approximate surface area is 66.0 Å². The van der Waals surface area contributed by atoms with Crippen molar-refractivity contribution in [1.82, 2.24) is 5.32 Å². The Balaban J connectivity index is 3.79. The van der Waals surface area contributed by atoms with Crippen molar-refractivity contribution in [2.45, 2.75) is 18.9 Å². The summed E-state index contributed by atoms with van der Waals surface area (Å²) in [4.78, 5) is 20.7. The Morgan fingerprint density at radius 2 is 2.45 bits per heavy atom. The number of carbonyl (C=O) groups excluding carboxylic acids is 1. The Morgan fingerprint density at radius 1 is 1.82 bits per heavy atom. The number of amides is 1. The lowest BCUT2D eigenvalue weighted by atomic mass is 10.1. The van der Waals surface area contributed by atoms with Gasteiger partial charge in [0.25, 0.3) is 0 Å². The van der Waals surface area contributed by atoms with Crippen LogP contribution in [0.25, 0.3) is 0 Å². The predicted molar refractivity (Wildman–Crippen MR) is 38.9 cm³/mol. The third-order valence-corrected chi connectivity index (χ3v) is 1.22. The summed E-state index contributed by atoms with van der Waals surface area (Å²) in [5.41, 5.74) is 4.83. The molecule has 0 rings (SSSR count). The molecule has 0 spiro atoms. The Morgan fingerprint density at radius 3 is 2.82 bits per heavy atom. The zero-order valence-electron chi connectivity index (χ0n) is 7.04. The third kappa shape index (κ3) is 4.32. The van der Waals surface area contributed by atoms with Crippen molar-refractivity contribution in [2.75, 3.05) is 7.02 Å². The Bertz CT molecular complexity index is 174. The summed E-state index contributed by atoms with van der Waals surface area (Å²) < 4.78 is 6.72. The van der Waals surface area contributed by atoms with Gasteiger partial charge in [0.2, 0.25) is 5.91 Å². The fraction of sp³-hybridized carbons (Fsp3) is 0.667. The smallest absolute Gasteiger partial charge is 0.320 e. The molecule has 1 unspecified atom stereocenters. The molecule has 0 aromatic heterocycles. The van der Waals surface area contributed by atoms with Crippen LogP contribution in [0.4, 0.5) is 0 Å². The molecule has 0 radical (unpaired) electrons. The van der Waals surface area contributed by atoms with E-state index in [9.17, 15) is 9.59 Å². The number of hydrogen-bond acceptors (Lipinski definition) is 3.